The van der Waals surface area contributed by atoms with E-state index in [1.165, 1.54) is 6.42 Å². The van der Waals surface area contributed by atoms with E-state index in [0.717, 1.165) is 42.8 Å². The molecule has 0 unspecified atom stereocenters. The van der Waals surface area contributed by atoms with E-state index in [9.17, 15) is 4.79 Å². The summed E-state index contributed by atoms with van der Waals surface area (Å²) in [5.74, 6) is 0. The van der Waals surface area contributed by atoms with Crippen LogP contribution in [0, 0.1) is 13.8 Å². The lowest BCUT2D eigenvalue weighted by Crippen LogP contribution is -2.30. The lowest BCUT2D eigenvalue weighted by Gasteiger charge is -2.14. The molecule has 0 spiro atoms. The highest BCUT2D eigenvalue weighted by Gasteiger charge is 2.09. The van der Waals surface area contributed by atoms with Gasteiger partial charge in [-0.2, -0.15) is 0 Å². The van der Waals surface area contributed by atoms with Gasteiger partial charge in [-0.05, 0) is 44.9 Å². The third kappa shape index (κ3) is 3.70. The fourth-order valence-electron chi connectivity index (χ4n) is 2.20. The van der Waals surface area contributed by atoms with Crippen molar-refractivity contribution in [2.24, 2.45) is 0 Å². The highest BCUT2D eigenvalue weighted by Crippen LogP contribution is 2.07. The van der Waals surface area contributed by atoms with Crippen LogP contribution in [0.4, 0.5) is 0 Å². The molecule has 1 N–H and O–H groups in total. The van der Waals surface area contributed by atoms with Gasteiger partial charge in [-0.25, -0.2) is 0 Å². The minimum atomic E-state index is 0.179. The summed E-state index contributed by atoms with van der Waals surface area (Å²) in [6, 6.07) is 2.12. The molecule has 0 aliphatic rings. The lowest BCUT2D eigenvalue weighted by atomic mass is 10.1. The van der Waals surface area contributed by atoms with E-state index in [2.05, 4.69) is 25.2 Å². The molecule has 0 aromatic carbocycles. The van der Waals surface area contributed by atoms with Crippen LogP contribution in [0.5, 0.6) is 0 Å². The number of unbranched alkanes of at least 4 members (excludes halogenated alkanes) is 1. The van der Waals surface area contributed by atoms with E-state index in [-0.39, 0.29) is 5.56 Å². The zero-order valence-corrected chi connectivity index (χ0v) is 12.2. The molecule has 1 heterocycles. The quantitative estimate of drug-likeness (QED) is 0.755. The zero-order valence-electron chi connectivity index (χ0n) is 12.2. The van der Waals surface area contributed by atoms with Crippen molar-refractivity contribution < 1.29 is 0 Å². The van der Waals surface area contributed by atoms with Crippen LogP contribution in [0.15, 0.2) is 10.9 Å². The number of aromatic nitrogens is 1. The summed E-state index contributed by atoms with van der Waals surface area (Å²) in [5.41, 5.74) is 3.27. The third-order valence-corrected chi connectivity index (χ3v) is 3.29. The summed E-state index contributed by atoms with van der Waals surface area (Å²) in [6.07, 6.45) is 3.33. The first-order valence-corrected chi connectivity index (χ1v) is 7.02. The Bertz CT molecular complexity index is 435. The van der Waals surface area contributed by atoms with Crippen LogP contribution in [0.3, 0.4) is 0 Å². The van der Waals surface area contributed by atoms with Crippen LogP contribution in [0.1, 0.15) is 49.9 Å². The molecular weight excluding hydrogens is 224 g/mol. The topological polar surface area (TPSA) is 34.0 Å². The molecule has 0 aliphatic carbocycles. The van der Waals surface area contributed by atoms with Gasteiger partial charge >= 0.3 is 0 Å². The molecule has 0 saturated heterocycles. The van der Waals surface area contributed by atoms with Gasteiger partial charge in [0, 0.05) is 24.3 Å². The second kappa shape index (κ2) is 7.37. The summed E-state index contributed by atoms with van der Waals surface area (Å²) in [7, 11) is 0. The Hall–Kier alpha value is -1.09. The largest absolute Gasteiger partial charge is 0.313 e. The molecule has 0 aliphatic heterocycles. The normalized spacial score (nSPS) is 10.9. The summed E-state index contributed by atoms with van der Waals surface area (Å²) in [5, 5.41) is 3.36. The third-order valence-electron chi connectivity index (χ3n) is 3.29. The Kier molecular flexibility index (Phi) is 6.13. The lowest BCUT2D eigenvalue weighted by molar-refractivity contribution is 0.602. The van der Waals surface area contributed by atoms with E-state index in [4.69, 9.17) is 0 Å². The first kappa shape index (κ1) is 15.0. The number of pyridine rings is 1. The molecule has 0 bridgehead atoms. The first-order valence-electron chi connectivity index (χ1n) is 7.02. The predicted octanol–water partition coefficient (Wildman–Crippen LogP) is 2.76. The molecular formula is C15H26N2O. The number of hydrogen-bond acceptors (Lipinski definition) is 2. The number of aryl methyl sites for hydroxylation is 2. The molecule has 1 aromatic rings. The van der Waals surface area contributed by atoms with E-state index in [1.807, 2.05) is 18.4 Å². The maximum atomic E-state index is 12.4. The Morgan fingerprint density at radius 3 is 2.56 bits per heavy atom. The van der Waals surface area contributed by atoms with Crippen LogP contribution in [-0.4, -0.2) is 11.1 Å². The minimum absolute atomic E-state index is 0.179. The molecule has 1 rings (SSSR count). The van der Waals surface area contributed by atoms with Gasteiger partial charge in [-0.1, -0.05) is 20.3 Å². The minimum Gasteiger partial charge on any atom is -0.313 e. The summed E-state index contributed by atoms with van der Waals surface area (Å²) < 4.78 is 1.89. The van der Waals surface area contributed by atoms with Crippen LogP contribution >= 0.6 is 0 Å². The van der Waals surface area contributed by atoms with Crippen LogP contribution in [-0.2, 0) is 13.1 Å². The maximum Gasteiger partial charge on any atom is 0.255 e. The van der Waals surface area contributed by atoms with Crippen molar-refractivity contribution in [2.75, 3.05) is 6.54 Å². The van der Waals surface area contributed by atoms with Gasteiger partial charge in [0.25, 0.3) is 5.56 Å². The second-order valence-corrected chi connectivity index (χ2v) is 4.93. The maximum absolute atomic E-state index is 12.4. The van der Waals surface area contributed by atoms with Gasteiger partial charge in [0.2, 0.25) is 0 Å². The van der Waals surface area contributed by atoms with Gasteiger partial charge in [0.05, 0.1) is 0 Å². The molecule has 0 atom stereocenters. The van der Waals surface area contributed by atoms with Crippen LogP contribution in [0.25, 0.3) is 0 Å². The summed E-state index contributed by atoms with van der Waals surface area (Å²) in [4.78, 5) is 12.4. The molecule has 0 fully saturated rings. The van der Waals surface area contributed by atoms with Crippen LogP contribution in [0.2, 0.25) is 0 Å². The van der Waals surface area contributed by atoms with Crippen molar-refractivity contribution >= 4 is 0 Å². The number of nitrogens with zero attached hydrogens (tertiary/aromatic N) is 1. The Balaban J connectivity index is 2.90. The van der Waals surface area contributed by atoms with Crippen molar-refractivity contribution in [1.29, 1.82) is 0 Å². The Morgan fingerprint density at radius 2 is 1.94 bits per heavy atom. The fourth-order valence-corrected chi connectivity index (χ4v) is 2.20. The van der Waals surface area contributed by atoms with Crippen molar-refractivity contribution in [2.45, 2.75) is 60.0 Å². The highest BCUT2D eigenvalue weighted by molar-refractivity contribution is 5.26. The van der Waals surface area contributed by atoms with E-state index in [1.54, 1.807) is 0 Å². The van der Waals surface area contributed by atoms with E-state index < -0.39 is 0 Å². The van der Waals surface area contributed by atoms with Crippen molar-refractivity contribution in [3.63, 3.8) is 0 Å². The molecule has 0 amide bonds. The SMILES string of the molecule is CCCCNCc1c(C)cc(C)n(CCC)c1=O. The van der Waals surface area contributed by atoms with Gasteiger partial charge in [0.15, 0.2) is 0 Å². The van der Waals surface area contributed by atoms with E-state index >= 15 is 0 Å². The molecule has 0 saturated carbocycles. The molecule has 102 valence electrons. The van der Waals surface area contributed by atoms with Gasteiger partial charge in [-0.3, -0.25) is 4.79 Å². The van der Waals surface area contributed by atoms with Crippen molar-refractivity contribution in [3.8, 4) is 0 Å². The molecule has 1 aromatic heterocycles. The average molecular weight is 250 g/mol. The smallest absolute Gasteiger partial charge is 0.255 e. The number of hydrogen-bond donors (Lipinski definition) is 1. The number of rotatable bonds is 7. The molecule has 3 heteroatoms. The van der Waals surface area contributed by atoms with Crippen molar-refractivity contribution in [3.05, 3.63) is 33.2 Å². The highest BCUT2D eigenvalue weighted by atomic mass is 16.1. The van der Waals surface area contributed by atoms with Gasteiger partial charge in [-0.15, -0.1) is 0 Å². The predicted molar refractivity (Wildman–Crippen MR) is 77.1 cm³/mol. The molecule has 18 heavy (non-hydrogen) atoms. The van der Waals surface area contributed by atoms with Crippen LogP contribution < -0.4 is 10.9 Å². The molecule has 0 radical (unpaired) electrons. The second-order valence-electron chi connectivity index (χ2n) is 4.93. The average Bonchev–Trinajstić information content (AvgIpc) is 2.33. The zero-order chi connectivity index (χ0) is 13.5. The van der Waals surface area contributed by atoms with Crippen molar-refractivity contribution in [1.82, 2.24) is 9.88 Å². The molecule has 3 nitrogen and oxygen atoms in total. The monoisotopic (exact) mass is 250 g/mol. The van der Waals surface area contributed by atoms with E-state index in [0.29, 0.717) is 6.54 Å². The number of nitrogens with one attached hydrogen (secondary N) is 1. The first-order chi connectivity index (χ1) is 8.61. The van der Waals surface area contributed by atoms with Gasteiger partial charge < -0.3 is 9.88 Å². The van der Waals surface area contributed by atoms with Gasteiger partial charge in [0.1, 0.15) is 0 Å². The standard InChI is InChI=1S/C15H26N2O/c1-5-7-8-16-11-14-12(3)10-13(4)17(9-6-2)15(14)18/h10,16H,5-9,11H2,1-4H3. The Morgan fingerprint density at radius 1 is 1.22 bits per heavy atom. The Labute approximate surface area is 110 Å². The summed E-state index contributed by atoms with van der Waals surface area (Å²) in [6.45, 7) is 10.8. The fraction of sp³-hybridized carbons (Fsp3) is 0.667. The summed E-state index contributed by atoms with van der Waals surface area (Å²) >= 11 is 0.